The lowest BCUT2D eigenvalue weighted by atomic mass is 10.2. The summed E-state index contributed by atoms with van der Waals surface area (Å²) in [5, 5.41) is 0.610. The third kappa shape index (κ3) is 3.86. The first-order valence-corrected chi connectivity index (χ1v) is 7.74. The zero-order chi connectivity index (χ0) is 13.0. The summed E-state index contributed by atoms with van der Waals surface area (Å²) in [5.74, 6) is 0.107. The van der Waals surface area contributed by atoms with Crippen molar-refractivity contribution >= 4 is 21.4 Å². The molecule has 0 heterocycles. The van der Waals surface area contributed by atoms with Crippen molar-refractivity contribution in [3.05, 3.63) is 70.7 Å². The lowest BCUT2D eigenvalue weighted by Gasteiger charge is -2.05. The van der Waals surface area contributed by atoms with Crippen LogP contribution < -0.4 is 0 Å². The van der Waals surface area contributed by atoms with Crippen LogP contribution in [-0.4, -0.2) is 8.42 Å². The first kappa shape index (κ1) is 13.1. The summed E-state index contributed by atoms with van der Waals surface area (Å²) in [6.45, 7) is 0. The van der Waals surface area contributed by atoms with Crippen LogP contribution in [0.4, 0.5) is 0 Å². The summed E-state index contributed by atoms with van der Waals surface area (Å²) < 4.78 is 24.0. The van der Waals surface area contributed by atoms with Gasteiger partial charge in [-0.25, -0.2) is 8.42 Å². The molecule has 0 aliphatic heterocycles. The van der Waals surface area contributed by atoms with Crippen LogP contribution in [0.1, 0.15) is 11.1 Å². The molecule has 0 unspecified atom stereocenters. The molecule has 0 N–H and O–H groups in total. The molecule has 0 saturated carbocycles. The van der Waals surface area contributed by atoms with E-state index in [1.54, 1.807) is 24.3 Å². The highest BCUT2D eigenvalue weighted by molar-refractivity contribution is 7.89. The largest absolute Gasteiger partial charge is 0.228 e. The molecule has 2 aromatic rings. The molecule has 18 heavy (non-hydrogen) atoms. The molecule has 0 atom stereocenters. The van der Waals surface area contributed by atoms with Crippen LogP contribution in [0.15, 0.2) is 54.6 Å². The summed E-state index contributed by atoms with van der Waals surface area (Å²) in [6, 6.07) is 16.1. The van der Waals surface area contributed by atoms with Gasteiger partial charge in [-0.3, -0.25) is 0 Å². The first-order valence-electron chi connectivity index (χ1n) is 5.54. The van der Waals surface area contributed by atoms with E-state index in [9.17, 15) is 8.42 Å². The second-order valence-corrected chi connectivity index (χ2v) is 6.65. The Labute approximate surface area is 112 Å². The van der Waals surface area contributed by atoms with Crippen molar-refractivity contribution in [1.29, 1.82) is 0 Å². The van der Waals surface area contributed by atoms with E-state index in [1.165, 1.54) is 0 Å². The van der Waals surface area contributed by atoms with Crippen LogP contribution >= 0.6 is 11.6 Å². The Balaban J connectivity index is 2.10. The summed E-state index contributed by atoms with van der Waals surface area (Å²) in [7, 11) is -3.14. The van der Waals surface area contributed by atoms with Crippen LogP contribution in [0.5, 0.6) is 0 Å². The van der Waals surface area contributed by atoms with Crippen molar-refractivity contribution in [1.82, 2.24) is 0 Å². The second-order valence-electron chi connectivity index (χ2n) is 4.14. The summed E-state index contributed by atoms with van der Waals surface area (Å²) in [5.41, 5.74) is 1.57. The maximum atomic E-state index is 12.0. The normalized spacial score (nSPS) is 11.4. The third-order valence-electron chi connectivity index (χ3n) is 2.53. The van der Waals surface area contributed by atoms with Gasteiger partial charge in [0.25, 0.3) is 0 Å². The SMILES string of the molecule is O=S(=O)(Cc1ccccc1)Cc1ccc(Cl)cc1. The van der Waals surface area contributed by atoms with Gasteiger partial charge in [0.2, 0.25) is 0 Å². The summed E-state index contributed by atoms with van der Waals surface area (Å²) in [4.78, 5) is 0. The van der Waals surface area contributed by atoms with Crippen molar-refractivity contribution in [3.8, 4) is 0 Å². The molecule has 2 rings (SSSR count). The van der Waals surface area contributed by atoms with Gasteiger partial charge in [0.05, 0.1) is 11.5 Å². The maximum absolute atomic E-state index is 12.0. The Morgan fingerprint density at radius 2 is 1.28 bits per heavy atom. The van der Waals surface area contributed by atoms with Gasteiger partial charge in [0.1, 0.15) is 0 Å². The second kappa shape index (κ2) is 5.55. The van der Waals surface area contributed by atoms with Gasteiger partial charge in [-0.15, -0.1) is 0 Å². The van der Waals surface area contributed by atoms with E-state index < -0.39 is 9.84 Å². The van der Waals surface area contributed by atoms with Crippen molar-refractivity contribution in [2.75, 3.05) is 0 Å². The smallest absolute Gasteiger partial charge is 0.158 e. The van der Waals surface area contributed by atoms with Gasteiger partial charge in [-0.2, -0.15) is 0 Å². The van der Waals surface area contributed by atoms with Crippen LogP contribution in [0.25, 0.3) is 0 Å². The molecule has 0 bridgehead atoms. The average molecular weight is 281 g/mol. The molecule has 0 radical (unpaired) electrons. The fraction of sp³-hybridized carbons (Fsp3) is 0.143. The van der Waals surface area contributed by atoms with E-state index in [2.05, 4.69) is 0 Å². The lowest BCUT2D eigenvalue weighted by molar-refractivity contribution is 0.594. The van der Waals surface area contributed by atoms with Crippen LogP contribution in [0.3, 0.4) is 0 Å². The molecule has 0 amide bonds. The van der Waals surface area contributed by atoms with Gasteiger partial charge >= 0.3 is 0 Å². The number of sulfone groups is 1. The monoisotopic (exact) mass is 280 g/mol. The molecule has 0 aliphatic rings. The number of hydrogen-bond acceptors (Lipinski definition) is 2. The Hall–Kier alpha value is -1.32. The lowest BCUT2D eigenvalue weighted by Crippen LogP contribution is -2.07. The number of hydrogen-bond donors (Lipinski definition) is 0. The van der Waals surface area contributed by atoms with E-state index in [0.29, 0.717) is 5.02 Å². The highest BCUT2D eigenvalue weighted by Crippen LogP contribution is 2.15. The van der Waals surface area contributed by atoms with Crippen molar-refractivity contribution in [3.63, 3.8) is 0 Å². The van der Waals surface area contributed by atoms with Crippen LogP contribution in [0.2, 0.25) is 5.02 Å². The summed E-state index contributed by atoms with van der Waals surface area (Å²) in [6.07, 6.45) is 0. The molecular formula is C14H13ClO2S. The standard InChI is InChI=1S/C14H13ClO2S/c15-14-8-6-13(7-9-14)11-18(16,17)10-12-4-2-1-3-5-12/h1-9H,10-11H2. The predicted octanol–water partition coefficient (Wildman–Crippen LogP) is 3.46. The molecule has 0 aromatic heterocycles. The average Bonchev–Trinajstić information content (AvgIpc) is 2.32. The predicted molar refractivity (Wildman–Crippen MR) is 74.2 cm³/mol. The summed E-state index contributed by atoms with van der Waals surface area (Å²) >= 11 is 5.76. The highest BCUT2D eigenvalue weighted by atomic mass is 35.5. The molecular weight excluding hydrogens is 268 g/mol. The Morgan fingerprint density at radius 1 is 0.778 bits per heavy atom. The Kier molecular flexibility index (Phi) is 4.04. The van der Waals surface area contributed by atoms with Crippen LogP contribution in [-0.2, 0) is 21.3 Å². The van der Waals surface area contributed by atoms with Crippen molar-refractivity contribution in [2.24, 2.45) is 0 Å². The Morgan fingerprint density at radius 3 is 1.83 bits per heavy atom. The molecule has 0 saturated heterocycles. The molecule has 2 aromatic carbocycles. The fourth-order valence-corrected chi connectivity index (χ4v) is 3.34. The van der Waals surface area contributed by atoms with Gasteiger partial charge in [0.15, 0.2) is 9.84 Å². The van der Waals surface area contributed by atoms with Gasteiger partial charge in [-0.05, 0) is 23.3 Å². The minimum Gasteiger partial charge on any atom is -0.228 e. The quantitative estimate of drug-likeness (QED) is 0.859. The van der Waals surface area contributed by atoms with E-state index >= 15 is 0 Å². The Bertz CT molecular complexity index is 604. The molecule has 94 valence electrons. The topological polar surface area (TPSA) is 34.1 Å². The molecule has 4 heteroatoms. The first-order chi connectivity index (χ1) is 8.55. The van der Waals surface area contributed by atoms with Crippen LogP contribution in [0, 0.1) is 0 Å². The minimum atomic E-state index is -3.14. The van der Waals surface area contributed by atoms with E-state index in [0.717, 1.165) is 11.1 Å². The molecule has 0 spiro atoms. The zero-order valence-corrected chi connectivity index (χ0v) is 11.3. The number of rotatable bonds is 4. The third-order valence-corrected chi connectivity index (χ3v) is 4.33. The van der Waals surface area contributed by atoms with E-state index in [-0.39, 0.29) is 11.5 Å². The zero-order valence-electron chi connectivity index (χ0n) is 9.71. The molecule has 0 fully saturated rings. The molecule has 2 nitrogen and oxygen atoms in total. The van der Waals surface area contributed by atoms with Gasteiger partial charge in [0, 0.05) is 5.02 Å². The minimum absolute atomic E-state index is 0.0407. The van der Waals surface area contributed by atoms with E-state index in [4.69, 9.17) is 11.6 Å². The number of benzene rings is 2. The fourth-order valence-electron chi connectivity index (χ4n) is 1.71. The van der Waals surface area contributed by atoms with E-state index in [1.807, 2.05) is 30.3 Å². The van der Waals surface area contributed by atoms with Crippen molar-refractivity contribution in [2.45, 2.75) is 11.5 Å². The maximum Gasteiger partial charge on any atom is 0.158 e. The number of halogens is 1. The van der Waals surface area contributed by atoms with Crippen molar-refractivity contribution < 1.29 is 8.42 Å². The highest BCUT2D eigenvalue weighted by Gasteiger charge is 2.12. The van der Waals surface area contributed by atoms with Gasteiger partial charge in [-0.1, -0.05) is 54.1 Å². The van der Waals surface area contributed by atoms with Gasteiger partial charge < -0.3 is 0 Å². The molecule has 0 aliphatic carbocycles.